The molecule has 10 heteroatoms. The summed E-state index contributed by atoms with van der Waals surface area (Å²) in [7, 11) is 0. The molecule has 4 heterocycles. The van der Waals surface area contributed by atoms with E-state index in [9.17, 15) is 14.4 Å². The molecule has 3 aromatic heterocycles. The zero-order valence-corrected chi connectivity index (χ0v) is 17.8. The van der Waals surface area contributed by atoms with E-state index in [1.165, 1.54) is 20.5 Å². The van der Waals surface area contributed by atoms with Crippen molar-refractivity contribution in [3.63, 3.8) is 0 Å². The van der Waals surface area contributed by atoms with E-state index in [-0.39, 0.29) is 29.7 Å². The molecular formula is C20H24N6O3S. The maximum absolute atomic E-state index is 13.3. The fraction of sp³-hybridized carbons (Fsp3) is 0.450. The van der Waals surface area contributed by atoms with Gasteiger partial charge in [-0.15, -0.1) is 11.3 Å². The van der Waals surface area contributed by atoms with Gasteiger partial charge in [-0.05, 0) is 44.6 Å². The number of piperidine rings is 1. The summed E-state index contributed by atoms with van der Waals surface area (Å²) >= 11 is 1.43. The largest absolute Gasteiger partial charge is 0.364 e. The van der Waals surface area contributed by atoms with Crippen molar-refractivity contribution >= 4 is 34.3 Å². The van der Waals surface area contributed by atoms with Crippen LogP contribution in [-0.2, 0) is 11.3 Å². The van der Waals surface area contributed by atoms with Crippen LogP contribution in [0.4, 0.5) is 0 Å². The molecule has 1 aliphatic rings. The highest BCUT2D eigenvalue weighted by Crippen LogP contribution is 2.26. The first-order valence-corrected chi connectivity index (χ1v) is 10.9. The van der Waals surface area contributed by atoms with Crippen LogP contribution >= 0.6 is 11.3 Å². The molecule has 9 nitrogen and oxygen atoms in total. The van der Waals surface area contributed by atoms with Crippen LogP contribution < -0.4 is 11.4 Å². The van der Waals surface area contributed by atoms with Gasteiger partial charge in [0.1, 0.15) is 12.1 Å². The Morgan fingerprint density at radius 1 is 1.20 bits per heavy atom. The first kappa shape index (κ1) is 20.3. The summed E-state index contributed by atoms with van der Waals surface area (Å²) in [6.45, 7) is 4.90. The minimum absolute atomic E-state index is 0.0497. The predicted molar refractivity (Wildman–Crippen MR) is 114 cm³/mol. The van der Waals surface area contributed by atoms with Crippen LogP contribution in [0.15, 0.2) is 22.3 Å². The minimum atomic E-state index is -0.764. The molecule has 2 N–H and O–H groups in total. The molecule has 4 rings (SSSR count). The highest BCUT2D eigenvalue weighted by molar-refractivity contribution is 7.13. The predicted octanol–water partition coefficient (Wildman–Crippen LogP) is 2.01. The number of thiophene rings is 1. The lowest BCUT2D eigenvalue weighted by Crippen LogP contribution is -2.40. The SMILES string of the molecule is CC(C)n1c(=O)n(CC(=O)N2CCCCC2)c2c(C(N)=O)nc(-c3cccs3)nc21. The molecule has 0 radical (unpaired) electrons. The first-order chi connectivity index (χ1) is 14.4. The number of likely N-dealkylation sites (tertiary alicyclic amines) is 1. The van der Waals surface area contributed by atoms with E-state index in [0.717, 1.165) is 24.1 Å². The van der Waals surface area contributed by atoms with E-state index in [1.807, 2.05) is 31.4 Å². The quantitative estimate of drug-likeness (QED) is 0.667. The number of nitrogens with zero attached hydrogens (tertiary/aromatic N) is 5. The molecule has 1 aliphatic heterocycles. The minimum Gasteiger partial charge on any atom is -0.364 e. The summed E-state index contributed by atoms with van der Waals surface area (Å²) in [4.78, 5) is 49.9. The second-order valence-corrected chi connectivity index (χ2v) is 8.63. The Kier molecular flexibility index (Phi) is 5.42. The maximum atomic E-state index is 13.3. The summed E-state index contributed by atoms with van der Waals surface area (Å²) < 4.78 is 2.79. The van der Waals surface area contributed by atoms with Crippen molar-refractivity contribution in [1.82, 2.24) is 24.0 Å². The molecule has 0 spiro atoms. The number of imidazole rings is 1. The van der Waals surface area contributed by atoms with Gasteiger partial charge >= 0.3 is 5.69 Å². The highest BCUT2D eigenvalue weighted by Gasteiger charge is 2.27. The Hall–Kier alpha value is -3.01. The molecule has 0 aliphatic carbocycles. The molecule has 0 unspecified atom stereocenters. The van der Waals surface area contributed by atoms with E-state index >= 15 is 0 Å². The number of carbonyl (C=O) groups is 2. The number of nitrogens with two attached hydrogens (primary N) is 1. The Morgan fingerprint density at radius 2 is 1.93 bits per heavy atom. The molecule has 0 aromatic carbocycles. The number of carbonyl (C=O) groups excluding carboxylic acids is 2. The smallest absolute Gasteiger partial charge is 0.331 e. The number of aromatic nitrogens is 4. The summed E-state index contributed by atoms with van der Waals surface area (Å²) in [6, 6.07) is 3.47. The van der Waals surface area contributed by atoms with Crippen molar-refractivity contribution in [2.45, 2.75) is 45.7 Å². The van der Waals surface area contributed by atoms with Crippen LogP contribution in [0.25, 0.3) is 21.9 Å². The molecule has 0 saturated carbocycles. The number of fused-ring (bicyclic) bond motifs is 1. The van der Waals surface area contributed by atoms with Crippen LogP contribution in [0.1, 0.15) is 49.6 Å². The van der Waals surface area contributed by atoms with Crippen LogP contribution in [0.5, 0.6) is 0 Å². The van der Waals surface area contributed by atoms with Gasteiger partial charge in [0.2, 0.25) is 5.91 Å². The van der Waals surface area contributed by atoms with Gasteiger partial charge in [0, 0.05) is 19.1 Å². The van der Waals surface area contributed by atoms with Gasteiger partial charge in [0.05, 0.1) is 4.88 Å². The standard InChI is InChI=1S/C20H24N6O3S/c1-12(2)26-19-16(15(17(21)28)22-18(23-19)13-7-6-10-30-13)25(20(26)29)11-14(27)24-8-4-3-5-9-24/h6-7,10,12H,3-5,8-9,11H2,1-2H3,(H2,21,28). The summed E-state index contributed by atoms with van der Waals surface area (Å²) in [5.41, 5.74) is 5.72. The van der Waals surface area contributed by atoms with E-state index in [4.69, 9.17) is 5.73 Å². The lowest BCUT2D eigenvalue weighted by molar-refractivity contribution is -0.132. The normalized spacial score (nSPS) is 14.6. The molecule has 1 saturated heterocycles. The van der Waals surface area contributed by atoms with E-state index in [1.54, 1.807) is 4.90 Å². The summed E-state index contributed by atoms with van der Waals surface area (Å²) in [6.07, 6.45) is 3.00. The van der Waals surface area contributed by atoms with Gasteiger partial charge in [-0.1, -0.05) is 6.07 Å². The monoisotopic (exact) mass is 428 g/mol. The van der Waals surface area contributed by atoms with Crippen LogP contribution in [0.2, 0.25) is 0 Å². The lowest BCUT2D eigenvalue weighted by atomic mass is 10.1. The molecule has 2 amide bonds. The van der Waals surface area contributed by atoms with Crippen molar-refractivity contribution in [3.8, 4) is 10.7 Å². The van der Waals surface area contributed by atoms with Gasteiger partial charge in [0.25, 0.3) is 5.91 Å². The maximum Gasteiger partial charge on any atom is 0.331 e. The van der Waals surface area contributed by atoms with E-state index in [2.05, 4.69) is 9.97 Å². The lowest BCUT2D eigenvalue weighted by Gasteiger charge is -2.26. The van der Waals surface area contributed by atoms with Crippen molar-refractivity contribution in [3.05, 3.63) is 33.7 Å². The molecule has 158 valence electrons. The molecule has 0 atom stereocenters. The average Bonchev–Trinajstić information content (AvgIpc) is 3.35. The van der Waals surface area contributed by atoms with Crippen molar-refractivity contribution in [1.29, 1.82) is 0 Å². The van der Waals surface area contributed by atoms with Crippen LogP contribution in [-0.4, -0.2) is 48.9 Å². The third kappa shape index (κ3) is 3.51. The molecule has 30 heavy (non-hydrogen) atoms. The Morgan fingerprint density at radius 3 is 2.53 bits per heavy atom. The molecule has 1 fully saturated rings. The fourth-order valence-electron chi connectivity index (χ4n) is 3.85. The zero-order chi connectivity index (χ0) is 21.4. The van der Waals surface area contributed by atoms with Crippen LogP contribution in [0, 0.1) is 0 Å². The second kappa shape index (κ2) is 8.02. The van der Waals surface area contributed by atoms with Gasteiger partial charge in [-0.2, -0.15) is 0 Å². The Bertz CT molecular complexity index is 1160. The van der Waals surface area contributed by atoms with Gasteiger partial charge < -0.3 is 10.6 Å². The zero-order valence-electron chi connectivity index (χ0n) is 17.0. The van der Waals surface area contributed by atoms with Crippen molar-refractivity contribution in [2.75, 3.05) is 13.1 Å². The number of hydrogen-bond donors (Lipinski definition) is 1. The molecule has 3 aromatic rings. The van der Waals surface area contributed by atoms with Gasteiger partial charge in [-0.3, -0.25) is 18.7 Å². The van der Waals surface area contributed by atoms with E-state index < -0.39 is 11.6 Å². The number of rotatable bonds is 5. The van der Waals surface area contributed by atoms with Crippen LogP contribution in [0.3, 0.4) is 0 Å². The third-order valence-electron chi connectivity index (χ3n) is 5.29. The van der Waals surface area contributed by atoms with E-state index in [0.29, 0.717) is 24.6 Å². The van der Waals surface area contributed by atoms with Crippen molar-refractivity contribution in [2.24, 2.45) is 5.73 Å². The van der Waals surface area contributed by atoms with Crippen molar-refractivity contribution < 1.29 is 9.59 Å². The molecule has 0 bridgehead atoms. The van der Waals surface area contributed by atoms with Gasteiger partial charge in [-0.25, -0.2) is 14.8 Å². The highest BCUT2D eigenvalue weighted by atomic mass is 32.1. The number of amides is 2. The third-order valence-corrected chi connectivity index (χ3v) is 6.16. The molecular weight excluding hydrogens is 404 g/mol. The topological polar surface area (TPSA) is 116 Å². The fourth-order valence-corrected chi connectivity index (χ4v) is 4.51. The second-order valence-electron chi connectivity index (χ2n) is 7.68. The first-order valence-electron chi connectivity index (χ1n) is 10.0. The number of primary amides is 1. The average molecular weight is 429 g/mol. The number of hydrogen-bond acceptors (Lipinski definition) is 6. The Labute approximate surface area is 177 Å². The van der Waals surface area contributed by atoms with Gasteiger partial charge in [0.15, 0.2) is 17.2 Å². The summed E-state index contributed by atoms with van der Waals surface area (Å²) in [5, 5.41) is 1.88. The Balaban J connectivity index is 1.91. The summed E-state index contributed by atoms with van der Waals surface area (Å²) in [5.74, 6) is -0.585.